The molecule has 0 unspecified atom stereocenters. The van der Waals surface area contributed by atoms with Gasteiger partial charge in [0.1, 0.15) is 11.2 Å². The zero-order valence-electron chi connectivity index (χ0n) is 33.9. The molecule has 11 aromatic carbocycles. The van der Waals surface area contributed by atoms with Gasteiger partial charge < -0.3 is 9.32 Å². The average Bonchev–Trinajstić information content (AvgIpc) is 3.74. The van der Waals surface area contributed by atoms with Gasteiger partial charge in [0.25, 0.3) is 0 Å². The summed E-state index contributed by atoms with van der Waals surface area (Å²) in [6, 6.07) is 85.6. The fourth-order valence-corrected chi connectivity index (χ4v) is 9.51. The maximum absolute atomic E-state index is 6.30. The molecule has 0 amide bonds. The van der Waals surface area contributed by atoms with Crippen LogP contribution in [0.5, 0.6) is 0 Å². The Morgan fingerprint density at radius 3 is 1.48 bits per heavy atom. The van der Waals surface area contributed by atoms with Gasteiger partial charge in [-0.25, -0.2) is 0 Å². The van der Waals surface area contributed by atoms with E-state index in [1.54, 1.807) is 0 Å². The summed E-state index contributed by atoms with van der Waals surface area (Å²) in [5, 5.41) is 9.75. The maximum Gasteiger partial charge on any atom is 0.136 e. The standard InChI is InChI=1S/C60H39NO/c1-3-16-48-40(13-1)15-11-21-49(48)42-28-30-43(31-29-42)51-18-5-8-23-56(51)61(47-37-35-44(36-38-47)53-22-12-26-59-60(53)54-20-7-10-25-58(54)62-59)57-24-9-6-19-52(57)46-34-33-45-32-27-41-14-2-4-17-50(41)55(45)39-46/h1-39H. The van der Waals surface area contributed by atoms with E-state index in [0.717, 1.165) is 66.8 Å². The van der Waals surface area contributed by atoms with Crippen LogP contribution < -0.4 is 4.90 Å². The second-order valence-corrected chi connectivity index (χ2v) is 16.0. The Hall–Kier alpha value is -8.20. The van der Waals surface area contributed by atoms with Crippen molar-refractivity contribution in [2.45, 2.75) is 0 Å². The lowest BCUT2D eigenvalue weighted by Crippen LogP contribution is -2.12. The van der Waals surface area contributed by atoms with E-state index in [1.165, 1.54) is 49.0 Å². The van der Waals surface area contributed by atoms with Crippen LogP contribution >= 0.6 is 0 Å². The molecule has 0 N–H and O–H groups in total. The van der Waals surface area contributed by atoms with Gasteiger partial charge in [0, 0.05) is 27.6 Å². The topological polar surface area (TPSA) is 16.4 Å². The minimum absolute atomic E-state index is 0.895. The van der Waals surface area contributed by atoms with E-state index in [0.29, 0.717) is 0 Å². The maximum atomic E-state index is 6.30. The van der Waals surface area contributed by atoms with Gasteiger partial charge in [-0.15, -0.1) is 0 Å². The molecule has 12 aromatic rings. The van der Waals surface area contributed by atoms with Crippen molar-refractivity contribution in [3.05, 3.63) is 237 Å². The second-order valence-electron chi connectivity index (χ2n) is 16.0. The lowest BCUT2D eigenvalue weighted by molar-refractivity contribution is 0.669. The van der Waals surface area contributed by atoms with Gasteiger partial charge in [-0.1, -0.05) is 194 Å². The zero-order valence-corrected chi connectivity index (χ0v) is 33.9. The molecule has 62 heavy (non-hydrogen) atoms. The summed E-state index contributed by atoms with van der Waals surface area (Å²) in [4.78, 5) is 2.44. The molecular formula is C60H39NO. The van der Waals surface area contributed by atoms with E-state index in [4.69, 9.17) is 4.42 Å². The molecule has 0 saturated carbocycles. The van der Waals surface area contributed by atoms with Crippen LogP contribution in [0.2, 0.25) is 0 Å². The minimum atomic E-state index is 0.895. The van der Waals surface area contributed by atoms with Crippen molar-refractivity contribution in [3.8, 4) is 44.5 Å². The van der Waals surface area contributed by atoms with Crippen molar-refractivity contribution in [1.82, 2.24) is 0 Å². The molecule has 290 valence electrons. The van der Waals surface area contributed by atoms with Gasteiger partial charge in [-0.05, 0) is 108 Å². The first-order valence-electron chi connectivity index (χ1n) is 21.2. The van der Waals surface area contributed by atoms with Crippen LogP contribution in [0.15, 0.2) is 241 Å². The van der Waals surface area contributed by atoms with Gasteiger partial charge in [-0.2, -0.15) is 0 Å². The van der Waals surface area contributed by atoms with Crippen molar-refractivity contribution in [3.63, 3.8) is 0 Å². The zero-order chi connectivity index (χ0) is 41.0. The predicted octanol–water partition coefficient (Wildman–Crippen LogP) is 17.2. The summed E-state index contributed by atoms with van der Waals surface area (Å²) < 4.78 is 6.30. The van der Waals surface area contributed by atoms with Crippen molar-refractivity contribution in [2.24, 2.45) is 0 Å². The Balaban J connectivity index is 1.03. The van der Waals surface area contributed by atoms with E-state index in [2.05, 4.69) is 229 Å². The van der Waals surface area contributed by atoms with Crippen molar-refractivity contribution < 1.29 is 4.42 Å². The minimum Gasteiger partial charge on any atom is -0.456 e. The highest BCUT2D eigenvalue weighted by Crippen LogP contribution is 2.46. The number of para-hydroxylation sites is 3. The Morgan fingerprint density at radius 1 is 0.274 bits per heavy atom. The van der Waals surface area contributed by atoms with Crippen LogP contribution in [-0.2, 0) is 0 Å². The number of fused-ring (bicyclic) bond motifs is 7. The molecule has 12 rings (SSSR count). The molecule has 0 spiro atoms. The Bertz CT molecular complexity index is 3630. The molecule has 1 aromatic heterocycles. The fraction of sp³-hybridized carbons (Fsp3) is 0. The number of hydrogen-bond donors (Lipinski definition) is 0. The van der Waals surface area contributed by atoms with Crippen molar-refractivity contribution in [2.75, 3.05) is 4.90 Å². The molecular weight excluding hydrogens is 751 g/mol. The van der Waals surface area contributed by atoms with Crippen molar-refractivity contribution >= 4 is 71.3 Å². The van der Waals surface area contributed by atoms with Gasteiger partial charge in [0.05, 0.1) is 11.4 Å². The normalized spacial score (nSPS) is 11.5. The van der Waals surface area contributed by atoms with Crippen LogP contribution in [0.1, 0.15) is 0 Å². The molecule has 2 heteroatoms. The number of benzene rings is 11. The smallest absolute Gasteiger partial charge is 0.136 e. The Labute approximate surface area is 360 Å². The van der Waals surface area contributed by atoms with E-state index in [-0.39, 0.29) is 0 Å². The second kappa shape index (κ2) is 14.8. The van der Waals surface area contributed by atoms with Gasteiger partial charge in [-0.3, -0.25) is 0 Å². The SMILES string of the molecule is c1ccc(N(c2ccc(-c3cccc4oc5ccccc5c34)cc2)c2ccccc2-c2ccc3ccc4ccccc4c3c2)c(-c2ccc(-c3cccc4ccccc34)cc2)c1. The van der Waals surface area contributed by atoms with Crippen LogP contribution in [0.4, 0.5) is 17.1 Å². The fourth-order valence-electron chi connectivity index (χ4n) is 9.51. The first-order chi connectivity index (χ1) is 30.7. The Morgan fingerprint density at radius 2 is 0.726 bits per heavy atom. The highest BCUT2D eigenvalue weighted by molar-refractivity contribution is 6.13. The number of rotatable bonds is 7. The summed E-state index contributed by atoms with van der Waals surface area (Å²) in [6.07, 6.45) is 0. The highest BCUT2D eigenvalue weighted by atomic mass is 16.3. The molecule has 0 radical (unpaired) electrons. The molecule has 1 heterocycles. The number of hydrogen-bond acceptors (Lipinski definition) is 2. The van der Waals surface area contributed by atoms with Crippen LogP contribution in [0.25, 0.3) is 98.8 Å². The third-order valence-corrected chi connectivity index (χ3v) is 12.5. The summed E-state index contributed by atoms with van der Waals surface area (Å²) >= 11 is 0. The van der Waals surface area contributed by atoms with Crippen molar-refractivity contribution in [1.29, 1.82) is 0 Å². The van der Waals surface area contributed by atoms with Crippen LogP contribution in [0.3, 0.4) is 0 Å². The summed E-state index contributed by atoms with van der Waals surface area (Å²) in [5.74, 6) is 0. The first kappa shape index (κ1) is 35.7. The van der Waals surface area contributed by atoms with Gasteiger partial charge in [0.2, 0.25) is 0 Å². The lowest BCUT2D eigenvalue weighted by Gasteiger charge is -2.30. The third kappa shape index (κ3) is 6.04. The first-order valence-corrected chi connectivity index (χ1v) is 21.2. The number of furan rings is 1. The molecule has 0 aliphatic carbocycles. The van der Waals surface area contributed by atoms with E-state index in [9.17, 15) is 0 Å². The summed E-state index contributed by atoms with van der Waals surface area (Å²) in [5.41, 5.74) is 14.4. The number of anilines is 3. The largest absolute Gasteiger partial charge is 0.456 e. The lowest BCUT2D eigenvalue weighted by atomic mass is 9.94. The molecule has 0 bridgehead atoms. The van der Waals surface area contributed by atoms with E-state index >= 15 is 0 Å². The monoisotopic (exact) mass is 789 g/mol. The molecule has 0 aliphatic rings. The molecule has 0 atom stereocenters. The van der Waals surface area contributed by atoms with E-state index in [1.807, 2.05) is 12.1 Å². The van der Waals surface area contributed by atoms with E-state index < -0.39 is 0 Å². The highest BCUT2D eigenvalue weighted by Gasteiger charge is 2.22. The summed E-state index contributed by atoms with van der Waals surface area (Å²) in [7, 11) is 0. The summed E-state index contributed by atoms with van der Waals surface area (Å²) in [6.45, 7) is 0. The van der Waals surface area contributed by atoms with Crippen LogP contribution in [0, 0.1) is 0 Å². The number of nitrogens with zero attached hydrogens (tertiary/aromatic N) is 1. The average molecular weight is 790 g/mol. The quantitative estimate of drug-likeness (QED) is 0.150. The molecule has 0 fully saturated rings. The molecule has 0 aliphatic heterocycles. The molecule has 0 saturated heterocycles. The van der Waals surface area contributed by atoms with Gasteiger partial charge in [0.15, 0.2) is 0 Å². The Kier molecular flexibility index (Phi) is 8.53. The van der Waals surface area contributed by atoms with Crippen LogP contribution in [-0.4, -0.2) is 0 Å². The predicted molar refractivity (Wildman–Crippen MR) is 263 cm³/mol. The molecule has 2 nitrogen and oxygen atoms in total. The third-order valence-electron chi connectivity index (χ3n) is 12.5. The van der Waals surface area contributed by atoms with Gasteiger partial charge >= 0.3 is 0 Å².